The minimum absolute atomic E-state index is 0.0999. The highest BCUT2D eigenvalue weighted by Gasteiger charge is 2.81. The Hall–Kier alpha value is -2.22. The standard InChI is InChI=1S/C23H29NO7/c1-10-12-5-6-13-22-9-29-19(27)15(22)21(3,4)8-7-14(22)30-20(28)23(13,16(10)25)17(12)31-18(26)11(2)24/h11-15,17H,1,5-9,24H2,2-4H3/t11-,12-,13-,14-,15+,17+,22+,23-/m0/s1. The molecule has 2 bridgehead atoms. The first kappa shape index (κ1) is 20.7. The Morgan fingerprint density at radius 2 is 1.94 bits per heavy atom. The molecule has 2 N–H and O–H groups in total. The fraction of sp³-hybridized carbons (Fsp3) is 0.739. The maximum Gasteiger partial charge on any atom is 0.324 e. The number of fused-ring (bicyclic) bond motifs is 1. The second-order valence-corrected chi connectivity index (χ2v) is 10.7. The molecule has 31 heavy (non-hydrogen) atoms. The quantitative estimate of drug-likeness (QED) is 0.300. The van der Waals surface area contributed by atoms with Crippen molar-refractivity contribution in [3.8, 4) is 0 Å². The van der Waals surface area contributed by atoms with Gasteiger partial charge in [0.15, 0.2) is 11.2 Å². The van der Waals surface area contributed by atoms with Crippen LogP contribution >= 0.6 is 0 Å². The third kappa shape index (κ3) is 2.24. The van der Waals surface area contributed by atoms with E-state index in [1.165, 1.54) is 6.92 Å². The van der Waals surface area contributed by atoms with Crippen LogP contribution in [0.5, 0.6) is 0 Å². The van der Waals surface area contributed by atoms with E-state index in [9.17, 15) is 19.2 Å². The van der Waals surface area contributed by atoms with Gasteiger partial charge in [-0.2, -0.15) is 0 Å². The Morgan fingerprint density at radius 1 is 1.23 bits per heavy atom. The number of rotatable bonds is 2. The first-order valence-corrected chi connectivity index (χ1v) is 11.1. The van der Waals surface area contributed by atoms with Crippen molar-refractivity contribution in [1.82, 2.24) is 0 Å². The Kier molecular flexibility index (Phi) is 4.12. The maximum absolute atomic E-state index is 13.7. The van der Waals surface area contributed by atoms with Crippen LogP contribution in [0.1, 0.15) is 46.5 Å². The van der Waals surface area contributed by atoms with E-state index in [2.05, 4.69) is 6.58 Å². The molecule has 8 heteroatoms. The molecule has 0 radical (unpaired) electrons. The van der Waals surface area contributed by atoms with Crippen molar-refractivity contribution in [1.29, 1.82) is 0 Å². The van der Waals surface area contributed by atoms with Gasteiger partial charge in [-0.25, -0.2) is 0 Å². The topological polar surface area (TPSA) is 122 Å². The first-order chi connectivity index (χ1) is 14.5. The number of Topliss-reactive ketones (excluding diaryl/α,β-unsaturated/α-hetero) is 1. The second-order valence-electron chi connectivity index (χ2n) is 10.7. The zero-order valence-corrected chi connectivity index (χ0v) is 18.1. The van der Waals surface area contributed by atoms with Gasteiger partial charge in [-0.05, 0) is 49.5 Å². The van der Waals surface area contributed by atoms with E-state index in [1.54, 1.807) is 0 Å². The van der Waals surface area contributed by atoms with Crippen LogP contribution < -0.4 is 5.73 Å². The molecule has 0 amide bonds. The third-order valence-corrected chi connectivity index (χ3v) is 8.77. The molecule has 8 nitrogen and oxygen atoms in total. The Balaban J connectivity index is 1.70. The molecule has 8 atom stereocenters. The number of carbonyl (C=O) groups excluding carboxylic acids is 4. The first-order valence-electron chi connectivity index (χ1n) is 11.1. The van der Waals surface area contributed by atoms with E-state index >= 15 is 0 Å². The van der Waals surface area contributed by atoms with Gasteiger partial charge in [0.1, 0.15) is 24.9 Å². The number of ether oxygens (including phenoxy) is 3. The number of hydrogen-bond acceptors (Lipinski definition) is 8. The van der Waals surface area contributed by atoms with E-state index < -0.39 is 64.6 Å². The third-order valence-electron chi connectivity index (χ3n) is 8.77. The monoisotopic (exact) mass is 431 g/mol. The van der Waals surface area contributed by atoms with Crippen molar-refractivity contribution in [2.24, 2.45) is 39.7 Å². The predicted octanol–water partition coefficient (Wildman–Crippen LogP) is 1.30. The van der Waals surface area contributed by atoms with Crippen LogP contribution in [0.4, 0.5) is 0 Å². The van der Waals surface area contributed by atoms with Gasteiger partial charge in [-0.15, -0.1) is 0 Å². The fourth-order valence-electron chi connectivity index (χ4n) is 7.52. The average Bonchev–Trinajstić information content (AvgIpc) is 3.11. The fourth-order valence-corrected chi connectivity index (χ4v) is 7.52. The van der Waals surface area contributed by atoms with Gasteiger partial charge in [-0.1, -0.05) is 20.4 Å². The summed E-state index contributed by atoms with van der Waals surface area (Å²) >= 11 is 0. The highest BCUT2D eigenvalue weighted by atomic mass is 16.6. The molecular weight excluding hydrogens is 402 g/mol. The van der Waals surface area contributed by atoms with Gasteiger partial charge < -0.3 is 19.9 Å². The van der Waals surface area contributed by atoms with Crippen LogP contribution in [0, 0.1) is 34.0 Å². The summed E-state index contributed by atoms with van der Waals surface area (Å²) in [6, 6.07) is -0.900. The van der Waals surface area contributed by atoms with Crippen molar-refractivity contribution in [2.45, 2.75) is 64.7 Å². The molecular formula is C23H29NO7. The Morgan fingerprint density at radius 3 is 2.61 bits per heavy atom. The van der Waals surface area contributed by atoms with E-state index in [4.69, 9.17) is 19.9 Å². The summed E-state index contributed by atoms with van der Waals surface area (Å²) < 4.78 is 17.3. The molecule has 2 saturated heterocycles. The molecule has 2 heterocycles. The van der Waals surface area contributed by atoms with Crippen LogP contribution in [0.3, 0.4) is 0 Å². The molecule has 0 unspecified atom stereocenters. The molecule has 2 aliphatic heterocycles. The zero-order valence-electron chi connectivity index (χ0n) is 18.1. The molecule has 5 aliphatic rings. The zero-order chi connectivity index (χ0) is 22.5. The van der Waals surface area contributed by atoms with Gasteiger partial charge in [0.05, 0.1) is 11.3 Å². The van der Waals surface area contributed by atoms with Gasteiger partial charge in [0.25, 0.3) is 0 Å². The summed E-state index contributed by atoms with van der Waals surface area (Å²) in [6.07, 6.45) is 0.852. The summed E-state index contributed by atoms with van der Waals surface area (Å²) in [6.45, 7) is 9.60. The smallest absolute Gasteiger partial charge is 0.324 e. The molecule has 0 aromatic heterocycles. The number of esters is 3. The van der Waals surface area contributed by atoms with Gasteiger partial charge >= 0.3 is 17.9 Å². The Labute approximate surface area is 180 Å². The van der Waals surface area contributed by atoms with Crippen LogP contribution in [0.25, 0.3) is 0 Å². The van der Waals surface area contributed by atoms with Crippen LogP contribution in [0.2, 0.25) is 0 Å². The number of hydrogen-bond donors (Lipinski definition) is 1. The van der Waals surface area contributed by atoms with E-state index in [0.717, 1.165) is 0 Å². The normalized spacial score (nSPS) is 45.7. The van der Waals surface area contributed by atoms with Crippen LogP contribution in [-0.2, 0) is 33.4 Å². The molecule has 5 fully saturated rings. The van der Waals surface area contributed by atoms with E-state index in [0.29, 0.717) is 25.7 Å². The highest BCUT2D eigenvalue weighted by molar-refractivity contribution is 6.16. The summed E-state index contributed by atoms with van der Waals surface area (Å²) in [5, 5.41) is 0. The lowest BCUT2D eigenvalue weighted by molar-refractivity contribution is -0.247. The molecule has 0 aromatic rings. The number of carbonyl (C=O) groups is 4. The number of cyclic esters (lactones) is 1. The predicted molar refractivity (Wildman–Crippen MR) is 106 cm³/mol. The largest absolute Gasteiger partial charge is 0.465 e. The average molecular weight is 431 g/mol. The Bertz CT molecular complexity index is 923. The van der Waals surface area contributed by atoms with E-state index in [-0.39, 0.29) is 23.6 Å². The minimum Gasteiger partial charge on any atom is -0.465 e. The second kappa shape index (κ2) is 6.18. The summed E-state index contributed by atoms with van der Waals surface area (Å²) in [7, 11) is 0. The van der Waals surface area contributed by atoms with Crippen LogP contribution in [-0.4, -0.2) is 48.5 Å². The molecule has 3 aliphatic carbocycles. The molecule has 168 valence electrons. The van der Waals surface area contributed by atoms with Gasteiger partial charge in [0, 0.05) is 5.92 Å². The van der Waals surface area contributed by atoms with Crippen molar-refractivity contribution in [2.75, 3.05) is 6.61 Å². The molecule has 0 aromatic carbocycles. The lowest BCUT2D eigenvalue weighted by atomic mass is 9.43. The van der Waals surface area contributed by atoms with Crippen molar-refractivity contribution in [3.63, 3.8) is 0 Å². The lowest BCUT2D eigenvalue weighted by Gasteiger charge is -2.61. The number of ketones is 1. The van der Waals surface area contributed by atoms with Crippen LogP contribution in [0.15, 0.2) is 12.2 Å². The lowest BCUT2D eigenvalue weighted by Crippen LogP contribution is -2.71. The molecule has 2 spiro atoms. The van der Waals surface area contributed by atoms with E-state index in [1.807, 2.05) is 13.8 Å². The van der Waals surface area contributed by atoms with Crippen molar-refractivity contribution in [3.05, 3.63) is 12.2 Å². The van der Waals surface area contributed by atoms with Gasteiger partial charge in [0.2, 0.25) is 0 Å². The van der Waals surface area contributed by atoms with Gasteiger partial charge in [-0.3, -0.25) is 19.2 Å². The maximum atomic E-state index is 13.7. The highest BCUT2D eigenvalue weighted by Crippen LogP contribution is 2.71. The number of nitrogens with two attached hydrogens (primary N) is 1. The van der Waals surface area contributed by atoms with Crippen molar-refractivity contribution < 1.29 is 33.4 Å². The summed E-state index contributed by atoms with van der Waals surface area (Å²) in [5.41, 5.74) is 3.11. The minimum atomic E-state index is -1.69. The summed E-state index contributed by atoms with van der Waals surface area (Å²) in [4.78, 5) is 52.7. The molecule has 5 rings (SSSR count). The van der Waals surface area contributed by atoms with Crippen molar-refractivity contribution >= 4 is 23.7 Å². The molecule has 3 saturated carbocycles. The summed E-state index contributed by atoms with van der Waals surface area (Å²) in [5.74, 6) is -3.57. The SMILES string of the molecule is C=C1C(=O)[C@@]23C(=O)O[C@H]4CCC(C)(C)[C@H]5C(=O)OC[C@@]45[C@@H]2CC[C@@H]1[C@H]3OC(=O)[C@H](C)N.